The van der Waals surface area contributed by atoms with E-state index in [9.17, 15) is 8.42 Å². The number of pyridine rings is 1. The van der Waals surface area contributed by atoms with Gasteiger partial charge in [-0.3, -0.25) is 4.72 Å². The molecule has 1 aromatic heterocycles. The quantitative estimate of drug-likeness (QED) is 0.881. The largest absolute Gasteiger partial charge is 0.280 e. The topological polar surface area (TPSA) is 59.1 Å². The van der Waals surface area contributed by atoms with Gasteiger partial charge in [-0.2, -0.15) is 0 Å². The molecule has 0 spiro atoms. The molecule has 2 aromatic rings. The molecule has 4 nitrogen and oxygen atoms in total. The summed E-state index contributed by atoms with van der Waals surface area (Å²) in [4.78, 5) is 3.72. The first kappa shape index (κ1) is 12.9. The molecule has 18 heavy (non-hydrogen) atoms. The Kier molecular flexibility index (Phi) is 3.54. The molecule has 0 aliphatic carbocycles. The molecular weight excluding hydrogens is 272 g/mol. The van der Waals surface area contributed by atoms with Crippen molar-refractivity contribution in [3.63, 3.8) is 0 Å². The normalized spacial score (nSPS) is 11.2. The van der Waals surface area contributed by atoms with E-state index < -0.39 is 10.0 Å². The highest BCUT2D eigenvalue weighted by atomic mass is 35.5. The van der Waals surface area contributed by atoms with Crippen LogP contribution in [-0.4, -0.2) is 13.4 Å². The summed E-state index contributed by atoms with van der Waals surface area (Å²) in [6, 6.07) is 10.0. The molecular formula is C12H11ClN2O2S. The summed E-state index contributed by atoms with van der Waals surface area (Å²) in [6.45, 7) is 1.88. The van der Waals surface area contributed by atoms with Crippen molar-refractivity contribution in [2.24, 2.45) is 0 Å². The molecule has 0 atom stereocenters. The summed E-state index contributed by atoms with van der Waals surface area (Å²) in [5.74, 6) is 0. The van der Waals surface area contributed by atoms with Gasteiger partial charge in [-0.1, -0.05) is 23.7 Å². The van der Waals surface area contributed by atoms with E-state index >= 15 is 0 Å². The molecule has 6 heteroatoms. The van der Waals surface area contributed by atoms with Gasteiger partial charge in [0.1, 0.15) is 10.0 Å². The van der Waals surface area contributed by atoms with Crippen molar-refractivity contribution in [2.75, 3.05) is 4.72 Å². The van der Waals surface area contributed by atoms with Gasteiger partial charge >= 0.3 is 0 Å². The molecule has 0 saturated heterocycles. The Labute approximate surface area is 111 Å². The predicted molar refractivity (Wildman–Crippen MR) is 71.2 cm³/mol. The summed E-state index contributed by atoms with van der Waals surface area (Å²) in [5, 5.41) is -0.0438. The van der Waals surface area contributed by atoms with Crippen LogP contribution in [0, 0.1) is 6.92 Å². The molecule has 2 rings (SSSR count). The van der Waals surface area contributed by atoms with Crippen LogP contribution in [-0.2, 0) is 10.0 Å². The lowest BCUT2D eigenvalue weighted by Gasteiger charge is -2.09. The number of rotatable bonds is 3. The molecule has 1 heterocycles. The number of hydrogen-bond donors (Lipinski definition) is 1. The van der Waals surface area contributed by atoms with Crippen molar-refractivity contribution in [3.05, 3.63) is 53.3 Å². The minimum absolute atomic E-state index is 0.0341. The van der Waals surface area contributed by atoms with Crippen molar-refractivity contribution in [1.82, 2.24) is 4.98 Å². The summed E-state index contributed by atoms with van der Waals surface area (Å²) in [6.07, 6.45) is 1.44. The van der Waals surface area contributed by atoms with E-state index in [1.807, 2.05) is 13.0 Å². The van der Waals surface area contributed by atoms with E-state index in [2.05, 4.69) is 9.71 Å². The zero-order valence-corrected chi connectivity index (χ0v) is 11.2. The number of aromatic nitrogens is 1. The van der Waals surface area contributed by atoms with Crippen LogP contribution in [0.3, 0.4) is 0 Å². The van der Waals surface area contributed by atoms with Gasteiger partial charge in [0.2, 0.25) is 0 Å². The maximum absolute atomic E-state index is 12.1. The minimum atomic E-state index is -3.71. The number of hydrogen-bond acceptors (Lipinski definition) is 3. The van der Waals surface area contributed by atoms with Gasteiger partial charge < -0.3 is 0 Å². The monoisotopic (exact) mass is 282 g/mol. The Morgan fingerprint density at radius 1 is 1.22 bits per heavy atom. The van der Waals surface area contributed by atoms with Crippen LogP contribution in [0.25, 0.3) is 0 Å². The van der Waals surface area contributed by atoms with Gasteiger partial charge in [-0.25, -0.2) is 13.4 Å². The van der Waals surface area contributed by atoms with E-state index in [-0.39, 0.29) is 10.0 Å². The molecule has 0 bridgehead atoms. The molecule has 0 radical (unpaired) electrons. The molecule has 0 saturated carbocycles. The lowest BCUT2D eigenvalue weighted by molar-refractivity contribution is 0.601. The first-order chi connectivity index (χ1) is 8.49. The molecule has 0 fully saturated rings. The Hall–Kier alpha value is -1.59. The van der Waals surface area contributed by atoms with Crippen LogP contribution in [0.5, 0.6) is 0 Å². The molecule has 94 valence electrons. The van der Waals surface area contributed by atoms with Crippen LogP contribution >= 0.6 is 11.6 Å². The van der Waals surface area contributed by atoms with Crippen LogP contribution in [0.1, 0.15) is 5.56 Å². The Bertz CT molecular complexity index is 671. The van der Waals surface area contributed by atoms with Crippen molar-refractivity contribution < 1.29 is 8.42 Å². The lowest BCUT2D eigenvalue weighted by atomic mass is 10.2. The fourth-order valence-electron chi connectivity index (χ4n) is 1.49. The number of sulfonamides is 1. The zero-order chi connectivity index (χ0) is 13.2. The Morgan fingerprint density at radius 3 is 2.67 bits per heavy atom. The third-order valence-corrected chi connectivity index (χ3v) is 4.11. The molecule has 0 aliphatic heterocycles. The fraction of sp³-hybridized carbons (Fsp3) is 0.0833. The molecule has 0 unspecified atom stereocenters. The fourth-order valence-corrected chi connectivity index (χ4v) is 2.99. The summed E-state index contributed by atoms with van der Waals surface area (Å²) in [7, 11) is -3.71. The van der Waals surface area contributed by atoms with Crippen molar-refractivity contribution >= 4 is 27.3 Å². The van der Waals surface area contributed by atoms with Gasteiger partial charge in [0.25, 0.3) is 10.0 Å². The van der Waals surface area contributed by atoms with Gasteiger partial charge in [0.15, 0.2) is 0 Å². The van der Waals surface area contributed by atoms with E-state index in [1.165, 1.54) is 18.3 Å². The first-order valence-corrected chi connectivity index (χ1v) is 7.05. The second-order valence-electron chi connectivity index (χ2n) is 3.77. The van der Waals surface area contributed by atoms with Crippen LogP contribution in [0.15, 0.2) is 47.5 Å². The average molecular weight is 283 g/mol. The van der Waals surface area contributed by atoms with Crippen LogP contribution in [0.4, 0.5) is 5.69 Å². The predicted octanol–water partition coefficient (Wildman–Crippen LogP) is 2.84. The average Bonchev–Trinajstić information content (AvgIpc) is 2.28. The smallest absolute Gasteiger partial charge is 0.264 e. The highest BCUT2D eigenvalue weighted by molar-refractivity contribution is 7.92. The van der Waals surface area contributed by atoms with Gasteiger partial charge in [-0.05, 0) is 36.8 Å². The number of nitrogens with zero attached hydrogens (tertiary/aromatic N) is 1. The second kappa shape index (κ2) is 4.96. The third-order valence-electron chi connectivity index (χ3n) is 2.28. The minimum Gasteiger partial charge on any atom is -0.280 e. The second-order valence-corrected chi connectivity index (χ2v) is 5.78. The van der Waals surface area contributed by atoms with E-state index in [1.54, 1.807) is 18.2 Å². The first-order valence-electron chi connectivity index (χ1n) is 5.19. The van der Waals surface area contributed by atoms with Crippen LogP contribution < -0.4 is 4.72 Å². The van der Waals surface area contributed by atoms with E-state index in [0.717, 1.165) is 5.56 Å². The van der Waals surface area contributed by atoms with E-state index in [4.69, 9.17) is 11.6 Å². The third kappa shape index (κ3) is 2.80. The summed E-state index contributed by atoms with van der Waals surface area (Å²) >= 11 is 5.78. The number of anilines is 1. The maximum Gasteiger partial charge on any atom is 0.264 e. The molecule has 1 aromatic carbocycles. The summed E-state index contributed by atoms with van der Waals surface area (Å²) in [5.41, 5.74) is 1.46. The highest BCUT2D eigenvalue weighted by Gasteiger charge is 2.18. The molecule has 1 N–H and O–H groups in total. The van der Waals surface area contributed by atoms with Crippen LogP contribution in [0.2, 0.25) is 5.15 Å². The zero-order valence-electron chi connectivity index (χ0n) is 9.59. The Balaban J connectivity index is 2.37. The van der Waals surface area contributed by atoms with Crippen molar-refractivity contribution in [1.29, 1.82) is 0 Å². The number of nitrogens with one attached hydrogen (secondary N) is 1. The number of benzene rings is 1. The van der Waals surface area contributed by atoms with Crippen molar-refractivity contribution in [3.8, 4) is 0 Å². The van der Waals surface area contributed by atoms with Crippen molar-refractivity contribution in [2.45, 2.75) is 11.8 Å². The Morgan fingerprint density at radius 2 is 2.00 bits per heavy atom. The van der Waals surface area contributed by atoms with Gasteiger partial charge in [0, 0.05) is 11.9 Å². The number of halogens is 1. The SMILES string of the molecule is Cc1cccc(NS(=O)(=O)c2cccnc2Cl)c1. The molecule has 0 amide bonds. The summed E-state index contributed by atoms with van der Waals surface area (Å²) < 4.78 is 26.7. The standard InChI is InChI=1S/C12H11ClN2O2S/c1-9-4-2-5-10(8-9)15-18(16,17)11-6-3-7-14-12(11)13/h2-8,15H,1H3. The van der Waals surface area contributed by atoms with E-state index in [0.29, 0.717) is 5.69 Å². The van der Waals surface area contributed by atoms with Gasteiger partial charge in [-0.15, -0.1) is 0 Å². The lowest BCUT2D eigenvalue weighted by Crippen LogP contribution is -2.13. The highest BCUT2D eigenvalue weighted by Crippen LogP contribution is 2.21. The molecule has 0 aliphatic rings. The maximum atomic E-state index is 12.1. The number of aryl methyl sites for hydroxylation is 1. The van der Waals surface area contributed by atoms with Gasteiger partial charge in [0.05, 0.1) is 0 Å².